The van der Waals surface area contributed by atoms with E-state index in [4.69, 9.17) is 0 Å². The van der Waals surface area contributed by atoms with Crippen LogP contribution in [-0.4, -0.2) is 54.3 Å². The van der Waals surface area contributed by atoms with Crippen molar-refractivity contribution in [2.75, 3.05) is 26.2 Å². The quantitative estimate of drug-likeness (QED) is 0.701. The van der Waals surface area contributed by atoms with Crippen molar-refractivity contribution in [2.24, 2.45) is 0 Å². The van der Waals surface area contributed by atoms with Crippen LogP contribution < -0.4 is 0 Å². The topological polar surface area (TPSA) is 62.6 Å². The highest BCUT2D eigenvalue weighted by Crippen LogP contribution is 2.35. The summed E-state index contributed by atoms with van der Waals surface area (Å²) in [5.74, 6) is -0.201. The molecule has 0 aliphatic carbocycles. The summed E-state index contributed by atoms with van der Waals surface area (Å²) in [5, 5.41) is 0. The lowest BCUT2D eigenvalue weighted by Gasteiger charge is -2.34. The molecule has 10 heteroatoms. The Morgan fingerprint density at radius 2 is 1.61 bits per heavy atom. The number of aryl methyl sites for hydroxylation is 1. The van der Waals surface area contributed by atoms with Gasteiger partial charge in [-0.15, -0.1) is 0 Å². The molecule has 0 spiro atoms. The Labute approximate surface area is 180 Å². The second-order valence-corrected chi connectivity index (χ2v) is 9.85. The van der Waals surface area contributed by atoms with Crippen LogP contribution in [0.1, 0.15) is 47.2 Å². The number of carbonyl (C=O) groups excluding carboxylic acids is 1. The van der Waals surface area contributed by atoms with E-state index in [-0.39, 0.29) is 38.1 Å². The fourth-order valence-corrected chi connectivity index (χ4v) is 5.79. The zero-order valence-corrected chi connectivity index (χ0v) is 18.7. The predicted octanol–water partition coefficient (Wildman–Crippen LogP) is 3.85. The van der Waals surface area contributed by atoms with Crippen molar-refractivity contribution in [1.82, 2.24) is 13.8 Å². The molecule has 0 bridgehead atoms. The molecule has 3 rings (SSSR count). The lowest BCUT2D eigenvalue weighted by molar-refractivity contribution is -0.139. The molecule has 6 nitrogen and oxygen atoms in total. The fraction of sp³-hybridized carbons (Fsp3) is 0.476. The minimum absolute atomic E-state index is 0.0663. The molecular weight excluding hydrogens is 431 g/mol. The standard InChI is InChI=1S/C21H26F3N3O3S/c1-14(2)27-15(3)13-17(16(27)4)20(28)25-9-11-26(12-10-25)31(29,30)19-8-6-5-7-18(19)21(22,23)24/h5-8,13-14H,9-12H2,1-4H3. The summed E-state index contributed by atoms with van der Waals surface area (Å²) in [7, 11) is -4.34. The van der Waals surface area contributed by atoms with Gasteiger partial charge in [0.05, 0.1) is 16.0 Å². The first-order valence-corrected chi connectivity index (χ1v) is 11.4. The zero-order chi connectivity index (χ0) is 23.1. The molecule has 2 heterocycles. The molecular formula is C21H26F3N3O3S. The second-order valence-electron chi connectivity index (χ2n) is 7.94. The van der Waals surface area contributed by atoms with Gasteiger partial charge < -0.3 is 9.47 Å². The van der Waals surface area contributed by atoms with Crippen molar-refractivity contribution in [3.63, 3.8) is 0 Å². The lowest BCUT2D eigenvalue weighted by atomic mass is 10.2. The summed E-state index contributed by atoms with van der Waals surface area (Å²) in [6.45, 7) is 7.93. The van der Waals surface area contributed by atoms with Crippen LogP contribution in [0, 0.1) is 13.8 Å². The molecule has 2 aromatic rings. The maximum Gasteiger partial charge on any atom is 0.417 e. The molecule has 170 valence electrons. The van der Waals surface area contributed by atoms with E-state index in [0.29, 0.717) is 5.56 Å². The summed E-state index contributed by atoms with van der Waals surface area (Å²) in [6, 6.07) is 6.17. The van der Waals surface area contributed by atoms with Crippen molar-refractivity contribution in [1.29, 1.82) is 0 Å². The van der Waals surface area contributed by atoms with Crippen molar-refractivity contribution in [2.45, 2.75) is 44.8 Å². The van der Waals surface area contributed by atoms with Gasteiger partial charge in [-0.25, -0.2) is 8.42 Å². The third kappa shape index (κ3) is 4.36. The predicted molar refractivity (Wildman–Crippen MR) is 110 cm³/mol. The highest BCUT2D eigenvalue weighted by molar-refractivity contribution is 7.89. The molecule has 1 aromatic carbocycles. The smallest absolute Gasteiger partial charge is 0.346 e. The summed E-state index contributed by atoms with van der Waals surface area (Å²) in [6.07, 6.45) is -4.78. The first-order valence-electron chi connectivity index (χ1n) is 9.99. The minimum Gasteiger partial charge on any atom is -0.346 e. The average Bonchev–Trinajstić information content (AvgIpc) is 3.01. The van der Waals surface area contributed by atoms with E-state index in [2.05, 4.69) is 4.57 Å². The van der Waals surface area contributed by atoms with E-state index < -0.39 is 26.7 Å². The molecule has 0 N–H and O–H groups in total. The van der Waals surface area contributed by atoms with E-state index in [1.54, 1.807) is 4.90 Å². The molecule has 0 unspecified atom stereocenters. The molecule has 1 aromatic heterocycles. The number of halogens is 3. The number of nitrogens with zero attached hydrogens (tertiary/aromatic N) is 3. The van der Waals surface area contributed by atoms with Gasteiger partial charge >= 0.3 is 6.18 Å². The first kappa shape index (κ1) is 23.3. The average molecular weight is 458 g/mol. The minimum atomic E-state index is -4.78. The Morgan fingerprint density at radius 3 is 2.13 bits per heavy atom. The van der Waals surface area contributed by atoms with Crippen LogP contribution in [0.5, 0.6) is 0 Å². The SMILES string of the molecule is Cc1cc(C(=O)N2CCN(S(=O)(=O)c3ccccc3C(F)(F)F)CC2)c(C)n1C(C)C. The highest BCUT2D eigenvalue weighted by Gasteiger charge is 2.40. The van der Waals surface area contributed by atoms with Crippen LogP contribution in [0.2, 0.25) is 0 Å². The lowest BCUT2D eigenvalue weighted by Crippen LogP contribution is -2.50. The van der Waals surface area contributed by atoms with E-state index in [1.165, 1.54) is 6.07 Å². The van der Waals surface area contributed by atoms with Crippen molar-refractivity contribution >= 4 is 15.9 Å². The Morgan fingerprint density at radius 1 is 1.03 bits per heavy atom. The fourth-order valence-electron chi connectivity index (χ4n) is 4.15. The Bertz CT molecular complexity index is 1080. The van der Waals surface area contributed by atoms with Gasteiger partial charge in [-0.05, 0) is 45.9 Å². The van der Waals surface area contributed by atoms with Gasteiger partial charge in [0.25, 0.3) is 5.91 Å². The number of carbonyl (C=O) groups is 1. The van der Waals surface area contributed by atoms with E-state index in [1.807, 2.05) is 33.8 Å². The summed E-state index contributed by atoms with van der Waals surface area (Å²) < 4.78 is 68.7. The molecule has 0 saturated carbocycles. The van der Waals surface area contributed by atoms with Gasteiger partial charge in [-0.3, -0.25) is 4.79 Å². The monoisotopic (exact) mass is 457 g/mol. The van der Waals surface area contributed by atoms with Gasteiger partial charge in [0.2, 0.25) is 10.0 Å². The van der Waals surface area contributed by atoms with Gasteiger partial charge in [0.1, 0.15) is 0 Å². The van der Waals surface area contributed by atoms with Crippen LogP contribution >= 0.6 is 0 Å². The number of amides is 1. The number of aromatic nitrogens is 1. The van der Waals surface area contributed by atoms with Gasteiger partial charge in [-0.1, -0.05) is 12.1 Å². The molecule has 0 atom stereocenters. The zero-order valence-electron chi connectivity index (χ0n) is 17.9. The van der Waals surface area contributed by atoms with Crippen molar-refractivity contribution < 1.29 is 26.4 Å². The summed E-state index contributed by atoms with van der Waals surface area (Å²) in [5.41, 5.74) is 1.17. The first-order chi connectivity index (χ1) is 14.4. The molecule has 1 aliphatic heterocycles. The van der Waals surface area contributed by atoms with Gasteiger partial charge in [0, 0.05) is 43.6 Å². The summed E-state index contributed by atoms with van der Waals surface area (Å²) in [4.78, 5) is 13.8. The third-order valence-electron chi connectivity index (χ3n) is 5.57. The highest BCUT2D eigenvalue weighted by atomic mass is 32.2. The van der Waals surface area contributed by atoms with E-state index >= 15 is 0 Å². The molecule has 31 heavy (non-hydrogen) atoms. The number of benzene rings is 1. The van der Waals surface area contributed by atoms with Crippen LogP contribution in [0.25, 0.3) is 0 Å². The van der Waals surface area contributed by atoms with Crippen molar-refractivity contribution in [3.05, 3.63) is 52.8 Å². The number of alkyl halides is 3. The third-order valence-corrected chi connectivity index (χ3v) is 7.52. The van der Waals surface area contributed by atoms with Gasteiger partial charge in [0.15, 0.2) is 0 Å². The number of hydrogen-bond acceptors (Lipinski definition) is 3. The summed E-state index contributed by atoms with van der Waals surface area (Å²) >= 11 is 0. The Kier molecular flexibility index (Phi) is 6.25. The Hall–Kier alpha value is -2.33. The van der Waals surface area contributed by atoms with Crippen molar-refractivity contribution in [3.8, 4) is 0 Å². The van der Waals surface area contributed by atoms with Crippen LogP contribution in [0.3, 0.4) is 0 Å². The van der Waals surface area contributed by atoms with E-state index in [0.717, 1.165) is 33.9 Å². The van der Waals surface area contributed by atoms with Crippen LogP contribution in [0.15, 0.2) is 35.2 Å². The number of hydrogen-bond donors (Lipinski definition) is 0. The maximum absolute atomic E-state index is 13.3. The maximum atomic E-state index is 13.3. The second kappa shape index (κ2) is 8.31. The molecule has 0 radical (unpaired) electrons. The Balaban J connectivity index is 1.79. The van der Waals surface area contributed by atoms with Gasteiger partial charge in [-0.2, -0.15) is 17.5 Å². The molecule has 1 saturated heterocycles. The number of sulfonamides is 1. The normalized spacial score (nSPS) is 16.2. The van der Waals surface area contributed by atoms with E-state index in [9.17, 15) is 26.4 Å². The number of piperazine rings is 1. The molecule has 1 fully saturated rings. The largest absolute Gasteiger partial charge is 0.417 e. The number of rotatable bonds is 4. The van der Waals surface area contributed by atoms with Crippen LogP contribution in [0.4, 0.5) is 13.2 Å². The molecule has 1 aliphatic rings. The van der Waals surface area contributed by atoms with Crippen LogP contribution in [-0.2, 0) is 16.2 Å². The molecule has 1 amide bonds.